The van der Waals surface area contributed by atoms with E-state index >= 15 is 0 Å². The third-order valence-corrected chi connectivity index (χ3v) is 10.1. The first-order valence-corrected chi connectivity index (χ1v) is 18.1. The third-order valence-electron chi connectivity index (χ3n) is 10.1. The average Bonchev–Trinajstić information content (AvgIpc) is 3.20. The van der Waals surface area contributed by atoms with E-state index in [2.05, 4.69) is 0 Å². The van der Waals surface area contributed by atoms with Crippen LogP contribution in [-0.4, -0.2) is 222 Å². The molecule has 57 heavy (non-hydrogen) atoms. The summed E-state index contributed by atoms with van der Waals surface area (Å²) in [6.45, 7) is 2.87. The first-order chi connectivity index (χ1) is 26.9. The van der Waals surface area contributed by atoms with Crippen LogP contribution in [0.5, 0.6) is 0 Å². The van der Waals surface area contributed by atoms with Gasteiger partial charge in [0, 0.05) is 11.1 Å². The van der Waals surface area contributed by atoms with Gasteiger partial charge in [0.05, 0.1) is 13.2 Å². The topological polar surface area (TPSA) is 360 Å². The van der Waals surface area contributed by atoms with Gasteiger partial charge < -0.3 is 104 Å². The first kappa shape index (κ1) is 47.3. The molecule has 0 radical (unpaired) electrons. The van der Waals surface area contributed by atoms with Crippen molar-refractivity contribution in [1.82, 2.24) is 0 Å². The van der Waals surface area contributed by atoms with Crippen LogP contribution in [0.1, 0.15) is 27.7 Å². The number of aliphatic hydroxyl groups excluding tert-OH is 12. The van der Waals surface area contributed by atoms with Gasteiger partial charge in [0.15, 0.2) is 25.2 Å². The smallest absolute Gasteiger partial charge is 0.333 e. The van der Waals surface area contributed by atoms with E-state index in [1.807, 2.05) is 0 Å². The minimum absolute atomic E-state index is 0.173. The number of esters is 2. The molecule has 4 heterocycles. The normalized spacial score (nSPS) is 44.7. The summed E-state index contributed by atoms with van der Waals surface area (Å²) in [6, 6.07) is 0. The van der Waals surface area contributed by atoms with Crippen LogP contribution in [-0.2, 0) is 52.2 Å². The van der Waals surface area contributed by atoms with E-state index in [0.717, 1.165) is 0 Å². The van der Waals surface area contributed by atoms with Crippen LogP contribution >= 0.6 is 0 Å². The maximum absolute atomic E-state index is 12.4. The fourth-order valence-electron chi connectivity index (χ4n) is 6.18. The van der Waals surface area contributed by atoms with Gasteiger partial charge in [0.25, 0.3) is 0 Å². The van der Waals surface area contributed by atoms with Crippen molar-refractivity contribution in [3.8, 4) is 0 Å². The van der Waals surface area contributed by atoms with Gasteiger partial charge in [-0.25, -0.2) is 9.59 Å². The lowest BCUT2D eigenvalue weighted by atomic mass is 9.96. The molecule has 0 aromatic rings. The van der Waals surface area contributed by atoms with Gasteiger partial charge in [-0.1, -0.05) is 12.2 Å². The SMILES string of the molecule is CC=C(C)C(=O)OCC1OC(OC2C(OC3OC(CO)C(O)C(O)C3OC3OC(CO)C(O)C(O)C3O)OC(COC(=O)C(C)=CC)C(O)C2O)C(O)C(O)C1O. The lowest BCUT2D eigenvalue weighted by Gasteiger charge is -2.49. The Kier molecular flexibility index (Phi) is 17.2. The third kappa shape index (κ3) is 10.7. The Balaban J connectivity index is 1.66. The minimum atomic E-state index is -2.10. The molecular weight excluding hydrogens is 776 g/mol. The number of hydrogen-bond acceptors (Lipinski definition) is 23. The van der Waals surface area contributed by atoms with Gasteiger partial charge in [-0.15, -0.1) is 0 Å². The lowest BCUT2D eigenvalue weighted by Crippen LogP contribution is -2.67. The zero-order valence-corrected chi connectivity index (χ0v) is 31.4. The van der Waals surface area contributed by atoms with Crippen LogP contribution in [0.3, 0.4) is 0 Å². The molecule has 4 rings (SSSR count). The Morgan fingerprint density at radius 3 is 1.16 bits per heavy atom. The number of ether oxygens (including phenoxy) is 9. The number of carbonyl (C=O) groups is 2. The molecule has 0 aromatic heterocycles. The molecule has 328 valence electrons. The molecule has 20 unspecified atom stereocenters. The van der Waals surface area contributed by atoms with E-state index in [1.54, 1.807) is 13.8 Å². The zero-order chi connectivity index (χ0) is 42.5. The Labute approximate surface area is 325 Å². The van der Waals surface area contributed by atoms with Crippen molar-refractivity contribution in [2.24, 2.45) is 0 Å². The Bertz CT molecular complexity index is 1380. The Morgan fingerprint density at radius 2 is 0.772 bits per heavy atom. The largest absolute Gasteiger partial charge is 0.459 e. The van der Waals surface area contributed by atoms with Crippen LogP contribution in [0.2, 0.25) is 0 Å². The minimum Gasteiger partial charge on any atom is -0.459 e. The quantitative estimate of drug-likeness (QED) is 0.0572. The average molecular weight is 831 g/mol. The number of aliphatic hydroxyl groups is 12. The Morgan fingerprint density at radius 1 is 0.456 bits per heavy atom. The summed E-state index contributed by atoms with van der Waals surface area (Å²) in [5, 5.41) is 127. The molecule has 20 atom stereocenters. The van der Waals surface area contributed by atoms with E-state index in [4.69, 9.17) is 42.6 Å². The second-order valence-corrected chi connectivity index (χ2v) is 13.9. The van der Waals surface area contributed by atoms with E-state index in [0.29, 0.717) is 0 Å². The second-order valence-electron chi connectivity index (χ2n) is 13.9. The van der Waals surface area contributed by atoms with Crippen LogP contribution in [0.15, 0.2) is 23.3 Å². The van der Waals surface area contributed by atoms with Gasteiger partial charge in [0.2, 0.25) is 0 Å². The van der Waals surface area contributed by atoms with E-state index in [-0.39, 0.29) is 11.1 Å². The molecule has 23 nitrogen and oxygen atoms in total. The highest BCUT2D eigenvalue weighted by Crippen LogP contribution is 2.35. The maximum atomic E-state index is 12.4. The molecular formula is C34H54O23. The lowest BCUT2D eigenvalue weighted by molar-refractivity contribution is -0.414. The van der Waals surface area contributed by atoms with Gasteiger partial charge in [-0.05, 0) is 27.7 Å². The summed E-state index contributed by atoms with van der Waals surface area (Å²) in [5.41, 5.74) is 0.373. The molecule has 4 aliphatic heterocycles. The molecule has 0 aromatic carbocycles. The fraction of sp³-hybridized carbons (Fsp3) is 0.824. The second kappa shape index (κ2) is 20.8. The number of rotatable bonds is 14. The van der Waals surface area contributed by atoms with Crippen LogP contribution in [0.4, 0.5) is 0 Å². The van der Waals surface area contributed by atoms with E-state index in [9.17, 15) is 70.9 Å². The zero-order valence-electron chi connectivity index (χ0n) is 31.4. The van der Waals surface area contributed by atoms with Crippen molar-refractivity contribution in [2.45, 2.75) is 151 Å². The van der Waals surface area contributed by atoms with Gasteiger partial charge in [-0.2, -0.15) is 0 Å². The van der Waals surface area contributed by atoms with E-state index in [1.165, 1.54) is 26.0 Å². The highest BCUT2D eigenvalue weighted by atomic mass is 16.8. The maximum Gasteiger partial charge on any atom is 0.333 e. The monoisotopic (exact) mass is 830 g/mol. The summed E-state index contributed by atoms with van der Waals surface area (Å²) in [6.07, 6.45) is -35.0. The highest BCUT2D eigenvalue weighted by molar-refractivity contribution is 5.88. The van der Waals surface area contributed by atoms with Gasteiger partial charge in [-0.3, -0.25) is 0 Å². The molecule has 4 saturated heterocycles. The molecule has 0 spiro atoms. The van der Waals surface area contributed by atoms with Crippen LogP contribution in [0, 0.1) is 0 Å². The van der Waals surface area contributed by atoms with Crippen molar-refractivity contribution in [3.63, 3.8) is 0 Å². The fourth-order valence-corrected chi connectivity index (χ4v) is 6.18. The van der Waals surface area contributed by atoms with Crippen LogP contribution < -0.4 is 0 Å². The summed E-state index contributed by atoms with van der Waals surface area (Å²) in [7, 11) is 0. The highest BCUT2D eigenvalue weighted by Gasteiger charge is 2.56. The number of hydrogen-bond donors (Lipinski definition) is 12. The molecule has 4 fully saturated rings. The number of carbonyl (C=O) groups excluding carboxylic acids is 2. The summed E-state index contributed by atoms with van der Waals surface area (Å²) >= 11 is 0. The summed E-state index contributed by atoms with van der Waals surface area (Å²) in [5.74, 6) is -1.62. The first-order valence-electron chi connectivity index (χ1n) is 18.1. The van der Waals surface area contributed by atoms with Crippen molar-refractivity contribution < 1.29 is 113 Å². The van der Waals surface area contributed by atoms with Gasteiger partial charge >= 0.3 is 11.9 Å². The molecule has 4 aliphatic rings. The Hall–Kier alpha value is -2.34. The summed E-state index contributed by atoms with van der Waals surface area (Å²) in [4.78, 5) is 24.7. The standard InChI is InChI=1S/C34H54O23/c1-5-11(3)29(47)49-9-15-19(39)22(42)26(46)32(53-15)56-28-24(44)20(40)16(10-50-30(48)12(4)6-2)54-34(28)57-33-27(23(43)18(38)14(8-36)52-33)55-31-25(45)21(41)17(37)13(7-35)51-31/h5-6,13-28,31-46H,7-10H2,1-4H3. The van der Waals surface area contributed by atoms with Crippen LogP contribution in [0.25, 0.3) is 0 Å². The van der Waals surface area contributed by atoms with E-state index < -0.39 is 161 Å². The van der Waals surface area contributed by atoms with Crippen molar-refractivity contribution in [3.05, 3.63) is 23.3 Å². The molecule has 12 N–H and O–H groups in total. The molecule has 0 saturated carbocycles. The summed E-state index contributed by atoms with van der Waals surface area (Å²) < 4.78 is 50.3. The molecule has 0 aliphatic carbocycles. The molecule has 0 amide bonds. The van der Waals surface area contributed by atoms with Gasteiger partial charge in [0.1, 0.15) is 111 Å². The molecule has 23 heteroatoms. The van der Waals surface area contributed by atoms with Crippen molar-refractivity contribution >= 4 is 11.9 Å². The predicted molar refractivity (Wildman–Crippen MR) is 180 cm³/mol. The van der Waals surface area contributed by atoms with Crippen molar-refractivity contribution in [2.75, 3.05) is 26.4 Å². The van der Waals surface area contributed by atoms with Crippen molar-refractivity contribution in [1.29, 1.82) is 0 Å². The predicted octanol–water partition coefficient (Wildman–Crippen LogP) is -6.71. The molecule has 0 bridgehead atoms. The number of allylic oxidation sites excluding steroid dienone is 2.